The molecule has 0 unspecified atom stereocenters. The molecule has 1 aliphatic heterocycles. The lowest BCUT2D eigenvalue weighted by atomic mass is 10.0. The molecule has 3 aromatic carbocycles. The molecule has 0 aliphatic carbocycles. The maximum Gasteiger partial charge on any atom is 0.315 e. The van der Waals surface area contributed by atoms with Crippen molar-refractivity contribution in [2.75, 3.05) is 29.3 Å². The highest BCUT2D eigenvalue weighted by Crippen LogP contribution is 2.35. The van der Waals surface area contributed by atoms with Crippen molar-refractivity contribution in [2.24, 2.45) is 0 Å². The first-order valence-electron chi connectivity index (χ1n) is 13.2. The standard InChI is InChI=1S/C29H33N3O7S3/c1-40-14-13-23(30-29(35)31-25(16-28(33)34)21-7-12-26-27(15-21)39-19-38-26)17-41-24-10-8-22(9-11-24)32-42(36,37)18-20-5-3-2-4-6-20/h2-12,15,23,25,32H,13-14,16-19H2,1H3,(H,33,34)(H2,30,31,35)/t23-,25-/m0/s1. The average Bonchev–Trinajstić information content (AvgIpc) is 3.43. The van der Waals surface area contributed by atoms with E-state index in [0.717, 1.165) is 10.6 Å². The molecule has 0 saturated carbocycles. The van der Waals surface area contributed by atoms with Crippen LogP contribution in [0.2, 0.25) is 0 Å². The number of fused-ring (bicyclic) bond motifs is 1. The Morgan fingerprint density at radius 3 is 2.43 bits per heavy atom. The van der Waals surface area contributed by atoms with E-state index < -0.39 is 28.1 Å². The average molecular weight is 632 g/mol. The molecule has 0 saturated heterocycles. The molecule has 0 aromatic heterocycles. The number of aliphatic carboxylic acids is 1. The summed E-state index contributed by atoms with van der Waals surface area (Å²) in [7, 11) is -3.55. The third-order valence-electron chi connectivity index (χ3n) is 6.27. The monoisotopic (exact) mass is 631 g/mol. The molecular formula is C29H33N3O7S3. The van der Waals surface area contributed by atoms with Crippen molar-refractivity contribution in [3.8, 4) is 11.5 Å². The minimum atomic E-state index is -3.55. The molecule has 1 aliphatic rings. The van der Waals surface area contributed by atoms with Gasteiger partial charge in [0.15, 0.2) is 11.5 Å². The number of hydrogen-bond acceptors (Lipinski definition) is 8. The van der Waals surface area contributed by atoms with E-state index in [2.05, 4.69) is 15.4 Å². The number of carboxylic acids is 1. The van der Waals surface area contributed by atoms with Crippen LogP contribution in [0, 0.1) is 0 Å². The number of urea groups is 1. The minimum Gasteiger partial charge on any atom is -0.481 e. The largest absolute Gasteiger partial charge is 0.481 e. The molecule has 4 N–H and O–H groups in total. The first-order valence-corrected chi connectivity index (χ1v) is 17.2. The summed E-state index contributed by atoms with van der Waals surface area (Å²) in [5, 5.41) is 15.2. The number of carboxylic acid groups (broad SMARTS) is 1. The van der Waals surface area contributed by atoms with E-state index in [9.17, 15) is 23.1 Å². The van der Waals surface area contributed by atoms with Crippen molar-refractivity contribution in [1.82, 2.24) is 10.6 Å². The molecule has 224 valence electrons. The lowest BCUT2D eigenvalue weighted by Gasteiger charge is -2.22. The first kappa shape index (κ1) is 31.4. The summed E-state index contributed by atoms with van der Waals surface area (Å²) >= 11 is 3.20. The number of carbonyl (C=O) groups excluding carboxylic acids is 1. The highest BCUT2D eigenvalue weighted by molar-refractivity contribution is 7.99. The fraction of sp³-hybridized carbons (Fsp3) is 0.310. The van der Waals surface area contributed by atoms with Crippen LogP contribution in [-0.4, -0.2) is 56.1 Å². The van der Waals surface area contributed by atoms with Crippen molar-refractivity contribution in [3.63, 3.8) is 0 Å². The second kappa shape index (κ2) is 15.1. The molecule has 3 aromatic rings. The molecule has 4 rings (SSSR count). The topological polar surface area (TPSA) is 143 Å². The number of nitrogens with one attached hydrogen (secondary N) is 3. The number of benzene rings is 3. The summed E-state index contributed by atoms with van der Waals surface area (Å²) in [6, 6.07) is 19.8. The Hall–Kier alpha value is -3.55. The summed E-state index contributed by atoms with van der Waals surface area (Å²) in [5.74, 6) is 1.32. The molecule has 42 heavy (non-hydrogen) atoms. The van der Waals surface area contributed by atoms with E-state index >= 15 is 0 Å². The number of anilines is 1. The zero-order valence-electron chi connectivity index (χ0n) is 22.9. The van der Waals surface area contributed by atoms with Crippen molar-refractivity contribution in [3.05, 3.63) is 83.9 Å². The van der Waals surface area contributed by atoms with Crippen molar-refractivity contribution in [2.45, 2.75) is 35.6 Å². The van der Waals surface area contributed by atoms with Crippen LogP contribution in [0.5, 0.6) is 11.5 Å². The maximum absolute atomic E-state index is 13.0. The van der Waals surface area contributed by atoms with Gasteiger partial charge in [-0.25, -0.2) is 13.2 Å². The summed E-state index contributed by atoms with van der Waals surface area (Å²) < 4.78 is 38.4. The van der Waals surface area contributed by atoms with Crippen LogP contribution in [0.4, 0.5) is 10.5 Å². The molecule has 1 heterocycles. The molecule has 2 amide bonds. The Labute approximate surface area is 254 Å². The number of ether oxygens (including phenoxy) is 2. The van der Waals surface area contributed by atoms with Gasteiger partial charge in [0.2, 0.25) is 16.8 Å². The van der Waals surface area contributed by atoms with Gasteiger partial charge in [0.25, 0.3) is 0 Å². The van der Waals surface area contributed by atoms with E-state index in [1.807, 2.05) is 24.5 Å². The second-order valence-corrected chi connectivity index (χ2v) is 13.3. The number of sulfonamides is 1. The highest BCUT2D eigenvalue weighted by atomic mass is 32.2. The molecule has 2 atom stereocenters. The van der Waals surface area contributed by atoms with Crippen LogP contribution in [0.15, 0.2) is 77.7 Å². The number of thioether (sulfide) groups is 2. The second-order valence-electron chi connectivity index (χ2n) is 9.54. The zero-order chi connectivity index (χ0) is 30.0. The van der Waals surface area contributed by atoms with E-state index in [1.165, 1.54) is 11.8 Å². The number of hydrogen-bond donors (Lipinski definition) is 4. The lowest BCUT2D eigenvalue weighted by Crippen LogP contribution is -2.45. The van der Waals surface area contributed by atoms with Gasteiger partial charge in [0, 0.05) is 22.4 Å². The summed E-state index contributed by atoms with van der Waals surface area (Å²) in [5.41, 5.74) is 1.78. The van der Waals surface area contributed by atoms with Crippen LogP contribution in [-0.2, 0) is 20.6 Å². The van der Waals surface area contributed by atoms with E-state index in [-0.39, 0.29) is 25.0 Å². The van der Waals surface area contributed by atoms with Crippen molar-refractivity contribution < 1.29 is 32.6 Å². The van der Waals surface area contributed by atoms with Crippen molar-refractivity contribution >= 4 is 51.2 Å². The zero-order valence-corrected chi connectivity index (χ0v) is 25.4. The van der Waals surface area contributed by atoms with Crippen LogP contribution >= 0.6 is 23.5 Å². The Morgan fingerprint density at radius 2 is 1.71 bits per heavy atom. The van der Waals surface area contributed by atoms with Crippen LogP contribution in [0.1, 0.15) is 30.0 Å². The minimum absolute atomic E-state index is 0.0949. The smallest absolute Gasteiger partial charge is 0.315 e. The first-order chi connectivity index (χ1) is 20.2. The molecule has 10 nitrogen and oxygen atoms in total. The van der Waals surface area contributed by atoms with Crippen LogP contribution in [0.25, 0.3) is 0 Å². The summed E-state index contributed by atoms with van der Waals surface area (Å²) in [6.07, 6.45) is 2.41. The fourth-order valence-corrected chi connectivity index (χ4v) is 6.92. The number of amides is 2. The van der Waals surface area contributed by atoms with Gasteiger partial charge in [-0.2, -0.15) is 11.8 Å². The summed E-state index contributed by atoms with van der Waals surface area (Å²) in [4.78, 5) is 25.4. The Kier molecular flexibility index (Phi) is 11.3. The third kappa shape index (κ3) is 9.78. The lowest BCUT2D eigenvalue weighted by molar-refractivity contribution is -0.137. The molecular weight excluding hydrogens is 599 g/mol. The molecule has 13 heteroatoms. The SMILES string of the molecule is CSCC[C@@H](CSc1ccc(NS(=O)(=O)Cc2ccccc2)cc1)NC(=O)N[C@@H](CC(=O)O)c1ccc2c(c1)OCO2. The molecule has 0 spiro atoms. The van der Waals surface area contributed by atoms with Gasteiger partial charge in [-0.05, 0) is 66.0 Å². The van der Waals surface area contributed by atoms with Gasteiger partial charge in [0.05, 0.1) is 18.2 Å². The van der Waals surface area contributed by atoms with E-state index in [0.29, 0.717) is 40.5 Å². The molecule has 0 fully saturated rings. The summed E-state index contributed by atoms with van der Waals surface area (Å²) in [6.45, 7) is 0.0949. The third-order valence-corrected chi connectivity index (χ3v) is 9.35. The van der Waals surface area contributed by atoms with Gasteiger partial charge < -0.3 is 25.2 Å². The Balaban J connectivity index is 1.33. The fourth-order valence-electron chi connectivity index (χ4n) is 4.22. The van der Waals surface area contributed by atoms with E-state index in [4.69, 9.17) is 9.47 Å². The van der Waals surface area contributed by atoms with Gasteiger partial charge in [-0.15, -0.1) is 11.8 Å². The van der Waals surface area contributed by atoms with Crippen molar-refractivity contribution in [1.29, 1.82) is 0 Å². The van der Waals surface area contributed by atoms with E-state index in [1.54, 1.807) is 66.4 Å². The Morgan fingerprint density at radius 1 is 0.976 bits per heavy atom. The van der Waals surface area contributed by atoms with Crippen LogP contribution < -0.4 is 24.8 Å². The van der Waals surface area contributed by atoms with Gasteiger partial charge >= 0.3 is 12.0 Å². The number of rotatable bonds is 15. The van der Waals surface area contributed by atoms with Gasteiger partial charge in [0.1, 0.15) is 0 Å². The predicted octanol–water partition coefficient (Wildman–Crippen LogP) is 5.09. The molecule has 0 radical (unpaired) electrons. The maximum atomic E-state index is 13.0. The predicted molar refractivity (Wildman–Crippen MR) is 166 cm³/mol. The Bertz CT molecular complexity index is 1460. The highest BCUT2D eigenvalue weighted by Gasteiger charge is 2.23. The molecule has 0 bridgehead atoms. The van der Waals surface area contributed by atoms with Crippen LogP contribution in [0.3, 0.4) is 0 Å². The van der Waals surface area contributed by atoms with Gasteiger partial charge in [-0.3, -0.25) is 9.52 Å². The normalized spacial score (nSPS) is 13.6. The van der Waals surface area contributed by atoms with Gasteiger partial charge in [-0.1, -0.05) is 36.4 Å². The quantitative estimate of drug-likeness (QED) is 0.169. The number of carbonyl (C=O) groups is 2.